The quantitative estimate of drug-likeness (QED) is 0.455. The lowest BCUT2D eigenvalue weighted by Gasteiger charge is -2.08. The first-order chi connectivity index (χ1) is 9.58. The van der Waals surface area contributed by atoms with Gasteiger partial charge in [0.15, 0.2) is 22.1 Å². The van der Waals surface area contributed by atoms with E-state index in [1.54, 1.807) is 7.11 Å². The van der Waals surface area contributed by atoms with Crippen LogP contribution < -0.4 is 9.30 Å². The molecule has 0 bridgehead atoms. The highest BCUT2D eigenvalue weighted by atomic mass is 32.2. The molecule has 0 spiro atoms. The molecule has 0 N–H and O–H groups in total. The molecule has 1 aromatic heterocycles. The minimum atomic E-state index is -6.09. The Kier molecular flexibility index (Phi) is 5.13. The van der Waals surface area contributed by atoms with Crippen molar-refractivity contribution in [3.8, 4) is 5.75 Å². The molecule has 2 aromatic rings. The summed E-state index contributed by atoms with van der Waals surface area (Å²) in [5.41, 5.74) is -4.51. The van der Waals surface area contributed by atoms with Gasteiger partial charge in [0.2, 0.25) is 0 Å². The Morgan fingerprint density at radius 2 is 1.71 bits per heavy atom. The first-order valence-corrected chi connectivity index (χ1v) is 6.92. The molecule has 1 aromatic carbocycles. The number of para-hydroxylation sites is 1. The normalized spacial score (nSPS) is 11.7. The molecule has 0 amide bonds. The predicted molar refractivity (Wildman–Crippen MR) is 67.4 cm³/mol. The van der Waals surface area contributed by atoms with Gasteiger partial charge in [-0.1, -0.05) is 6.07 Å². The Morgan fingerprint density at radius 3 is 2.19 bits per heavy atom. The molecule has 0 aliphatic heterocycles. The van der Waals surface area contributed by atoms with Crippen LogP contribution in [0.5, 0.6) is 5.75 Å². The van der Waals surface area contributed by atoms with Gasteiger partial charge in [0.25, 0.3) is 5.52 Å². The number of rotatable bonds is 1. The monoisotopic (exact) mass is 323 g/mol. The Hall–Kier alpha value is -1.87. The van der Waals surface area contributed by atoms with E-state index in [1.807, 2.05) is 31.4 Å². The van der Waals surface area contributed by atoms with Crippen LogP contribution in [0.3, 0.4) is 0 Å². The molecule has 0 saturated carbocycles. The summed E-state index contributed by atoms with van der Waals surface area (Å²) in [5, 5.41) is 1.20. The number of aromatic nitrogens is 1. The molecule has 116 valence electrons. The maximum atomic E-state index is 10.7. The number of fused-ring (bicyclic) bond motifs is 1. The van der Waals surface area contributed by atoms with Crippen LogP contribution in [0.25, 0.3) is 10.9 Å². The third kappa shape index (κ3) is 4.30. The Labute approximate surface area is 119 Å². The molecular formula is C12H12F3NO4S. The van der Waals surface area contributed by atoms with Crippen molar-refractivity contribution in [2.75, 3.05) is 7.11 Å². The van der Waals surface area contributed by atoms with Crippen molar-refractivity contribution in [1.29, 1.82) is 0 Å². The van der Waals surface area contributed by atoms with Gasteiger partial charge in [-0.3, -0.25) is 0 Å². The molecule has 1 heterocycles. The fraction of sp³-hybridized carbons (Fsp3) is 0.250. The Morgan fingerprint density at radius 1 is 1.19 bits per heavy atom. The standard InChI is InChI=1S/C11H12NO.CHF3O3S/c1-12-8-4-6-9-5-3-7-10(13-2)11(9)12;2-1(3,4)8(5,6)7/h3-8H,1-2H3;(H,5,6,7)/q+1;/p-1. The molecule has 0 fully saturated rings. The highest BCUT2D eigenvalue weighted by Crippen LogP contribution is 2.21. The summed E-state index contributed by atoms with van der Waals surface area (Å²) in [7, 11) is -2.38. The maximum Gasteiger partial charge on any atom is 0.485 e. The number of pyridine rings is 1. The summed E-state index contributed by atoms with van der Waals surface area (Å²) in [5.74, 6) is 0.917. The fourth-order valence-electron chi connectivity index (χ4n) is 1.57. The number of nitrogens with zero attached hydrogens (tertiary/aromatic N) is 1. The molecular weight excluding hydrogens is 311 g/mol. The topological polar surface area (TPSA) is 70.3 Å². The lowest BCUT2D eigenvalue weighted by atomic mass is 10.2. The van der Waals surface area contributed by atoms with E-state index in [2.05, 4.69) is 16.7 Å². The average molecular weight is 323 g/mol. The second-order valence-electron chi connectivity index (χ2n) is 3.92. The molecule has 0 atom stereocenters. The summed E-state index contributed by atoms with van der Waals surface area (Å²) >= 11 is 0. The molecule has 21 heavy (non-hydrogen) atoms. The summed E-state index contributed by atoms with van der Waals surface area (Å²) in [4.78, 5) is 0. The molecule has 0 unspecified atom stereocenters. The van der Waals surface area contributed by atoms with Crippen molar-refractivity contribution in [1.82, 2.24) is 0 Å². The maximum absolute atomic E-state index is 10.7. The molecule has 0 aliphatic rings. The predicted octanol–water partition coefficient (Wildman–Crippen LogP) is 1.72. The number of benzene rings is 1. The first-order valence-electron chi connectivity index (χ1n) is 5.51. The Bertz CT molecular complexity index is 724. The highest BCUT2D eigenvalue weighted by Gasteiger charge is 2.36. The molecule has 5 nitrogen and oxygen atoms in total. The van der Waals surface area contributed by atoms with Crippen molar-refractivity contribution in [3.05, 3.63) is 36.5 Å². The fourth-order valence-corrected chi connectivity index (χ4v) is 1.57. The molecule has 0 aliphatic carbocycles. The molecule has 2 rings (SSSR count). The number of methoxy groups -OCH3 is 1. The SMILES string of the molecule is COc1cccc2ccc[n+](C)c12.O=S(=O)([O-])C(F)(F)F. The third-order valence-electron chi connectivity index (χ3n) is 2.47. The number of alkyl halides is 3. The minimum absolute atomic E-state index is 0.917. The molecule has 9 heteroatoms. The first kappa shape index (κ1) is 17.2. The van der Waals surface area contributed by atoms with Gasteiger partial charge >= 0.3 is 5.51 Å². The van der Waals surface area contributed by atoms with Gasteiger partial charge in [-0.05, 0) is 18.2 Å². The van der Waals surface area contributed by atoms with Crippen LogP contribution in [-0.4, -0.2) is 25.6 Å². The van der Waals surface area contributed by atoms with Gasteiger partial charge in [-0.15, -0.1) is 0 Å². The summed E-state index contributed by atoms with van der Waals surface area (Å²) in [6.07, 6.45) is 2.02. The third-order valence-corrected chi connectivity index (χ3v) is 3.04. The smallest absolute Gasteiger partial charge is 0.485 e. The number of halogens is 3. The van der Waals surface area contributed by atoms with E-state index in [0.717, 1.165) is 11.3 Å². The van der Waals surface area contributed by atoms with E-state index in [0.29, 0.717) is 0 Å². The van der Waals surface area contributed by atoms with Crippen LogP contribution in [0.1, 0.15) is 0 Å². The minimum Gasteiger partial charge on any atom is -0.741 e. The zero-order valence-electron chi connectivity index (χ0n) is 11.1. The van der Waals surface area contributed by atoms with Crippen LogP contribution in [0.2, 0.25) is 0 Å². The van der Waals surface area contributed by atoms with Gasteiger partial charge in [0.1, 0.15) is 7.05 Å². The van der Waals surface area contributed by atoms with Gasteiger partial charge in [-0.2, -0.15) is 17.7 Å². The number of hydrogen-bond donors (Lipinski definition) is 0. The Balaban J connectivity index is 0.000000240. The lowest BCUT2D eigenvalue weighted by molar-refractivity contribution is -0.645. The van der Waals surface area contributed by atoms with Crippen LogP contribution in [0.15, 0.2) is 36.5 Å². The van der Waals surface area contributed by atoms with Crippen molar-refractivity contribution < 1.29 is 35.4 Å². The van der Waals surface area contributed by atoms with Crippen LogP contribution in [-0.2, 0) is 17.2 Å². The van der Waals surface area contributed by atoms with E-state index >= 15 is 0 Å². The van der Waals surface area contributed by atoms with Crippen molar-refractivity contribution in [3.63, 3.8) is 0 Å². The largest absolute Gasteiger partial charge is 0.741 e. The highest BCUT2D eigenvalue weighted by molar-refractivity contribution is 7.86. The summed E-state index contributed by atoms with van der Waals surface area (Å²) < 4.78 is 66.3. The number of aryl methyl sites for hydroxylation is 1. The van der Waals surface area contributed by atoms with Crippen LogP contribution >= 0.6 is 0 Å². The average Bonchev–Trinajstić information content (AvgIpc) is 2.37. The summed E-state index contributed by atoms with van der Waals surface area (Å²) in [6, 6.07) is 10.2. The zero-order chi connectivity index (χ0) is 16.3. The van der Waals surface area contributed by atoms with Crippen molar-refractivity contribution in [2.24, 2.45) is 7.05 Å². The van der Waals surface area contributed by atoms with Crippen LogP contribution in [0.4, 0.5) is 13.2 Å². The number of ether oxygens (including phenoxy) is 1. The molecule has 0 saturated heterocycles. The van der Waals surface area contributed by atoms with E-state index in [1.165, 1.54) is 5.39 Å². The molecule has 0 radical (unpaired) electrons. The van der Waals surface area contributed by atoms with E-state index in [4.69, 9.17) is 17.7 Å². The summed E-state index contributed by atoms with van der Waals surface area (Å²) in [6.45, 7) is 0. The van der Waals surface area contributed by atoms with Crippen LogP contribution in [0, 0.1) is 0 Å². The van der Waals surface area contributed by atoms with Gasteiger partial charge in [-0.25, -0.2) is 8.42 Å². The zero-order valence-corrected chi connectivity index (χ0v) is 11.9. The number of hydrogen-bond acceptors (Lipinski definition) is 4. The van der Waals surface area contributed by atoms with Gasteiger partial charge in [0, 0.05) is 6.07 Å². The van der Waals surface area contributed by atoms with Crippen molar-refractivity contribution >= 4 is 21.0 Å². The second-order valence-corrected chi connectivity index (χ2v) is 5.29. The van der Waals surface area contributed by atoms with E-state index in [9.17, 15) is 13.2 Å². The van der Waals surface area contributed by atoms with Crippen molar-refractivity contribution in [2.45, 2.75) is 5.51 Å². The van der Waals surface area contributed by atoms with Gasteiger partial charge < -0.3 is 9.29 Å². The van der Waals surface area contributed by atoms with Gasteiger partial charge in [0.05, 0.1) is 12.5 Å². The lowest BCUT2D eigenvalue weighted by Crippen LogP contribution is -2.28. The second kappa shape index (κ2) is 6.27. The van der Waals surface area contributed by atoms with E-state index < -0.39 is 15.6 Å². The van der Waals surface area contributed by atoms with E-state index in [-0.39, 0.29) is 0 Å².